The quantitative estimate of drug-likeness (QED) is 0.337. The van der Waals surface area contributed by atoms with Gasteiger partial charge in [0.25, 0.3) is 5.91 Å². The molecule has 3 aromatic rings. The maximum absolute atomic E-state index is 14.7. The first kappa shape index (κ1) is 28.9. The molecule has 9 heteroatoms. The van der Waals surface area contributed by atoms with Gasteiger partial charge in [-0.1, -0.05) is 61.8 Å². The molecule has 3 aromatic carbocycles. The molecule has 1 unspecified atom stereocenters. The lowest BCUT2D eigenvalue weighted by molar-refractivity contribution is -0.118. The zero-order valence-corrected chi connectivity index (χ0v) is 22.4. The molecule has 0 aliphatic carbocycles. The van der Waals surface area contributed by atoms with Gasteiger partial charge in [-0.05, 0) is 31.5 Å². The normalized spacial score (nSPS) is 15.9. The summed E-state index contributed by atoms with van der Waals surface area (Å²) in [6, 6.07) is 12.5. The number of halogens is 5. The minimum Gasteiger partial charge on any atom is -0.346 e. The van der Waals surface area contributed by atoms with E-state index in [0.29, 0.717) is 17.8 Å². The molecule has 0 saturated heterocycles. The van der Waals surface area contributed by atoms with Crippen LogP contribution in [0.4, 0.5) is 17.6 Å². The number of aliphatic imine (C=N–C) groups is 1. The van der Waals surface area contributed by atoms with E-state index in [1.165, 1.54) is 18.0 Å². The number of amidine groups is 1. The highest BCUT2D eigenvalue weighted by molar-refractivity contribution is 6.31. The van der Waals surface area contributed by atoms with E-state index in [-0.39, 0.29) is 28.0 Å². The fourth-order valence-corrected chi connectivity index (χ4v) is 4.41. The minimum absolute atomic E-state index is 0.0121. The standard InChI is InChI=1S/C27H22ClF4N3O.C2H6/c1-14(16-7-5-4-6-8-16)33-27(36)23-15(2)35(3)26(24-21(31)12-18(30)13-22(24)32)34-25(23)19-10-9-17(29)11-20(19)28;1-2/h4-14,25H,1-3H3,(H,33,36);1-2H3/t14?,25-;/m0./s1. The molecule has 0 fully saturated rings. The van der Waals surface area contributed by atoms with Crippen molar-refractivity contribution in [1.82, 2.24) is 10.2 Å². The summed E-state index contributed by atoms with van der Waals surface area (Å²) in [6.07, 6.45) is 0. The predicted molar refractivity (Wildman–Crippen MR) is 142 cm³/mol. The van der Waals surface area contributed by atoms with E-state index in [9.17, 15) is 22.4 Å². The van der Waals surface area contributed by atoms with Gasteiger partial charge in [-0.3, -0.25) is 9.79 Å². The number of amides is 1. The van der Waals surface area contributed by atoms with Crippen molar-refractivity contribution in [2.24, 2.45) is 4.99 Å². The Balaban J connectivity index is 0.00000195. The van der Waals surface area contributed by atoms with Crippen molar-refractivity contribution in [2.75, 3.05) is 7.05 Å². The number of rotatable bonds is 5. The number of hydrogen-bond donors (Lipinski definition) is 1. The zero-order chi connectivity index (χ0) is 28.1. The number of allylic oxidation sites excluding steroid dienone is 1. The fourth-order valence-electron chi connectivity index (χ4n) is 4.14. The molecule has 1 aliphatic rings. The lowest BCUT2D eigenvalue weighted by Crippen LogP contribution is -2.39. The SMILES string of the molecule is CC.CC1=C(C(=O)NC(C)c2ccccc2)[C@H](c2ccc(F)cc2Cl)N=C(c2c(F)cc(F)cc2F)N1C. The van der Waals surface area contributed by atoms with Crippen LogP contribution in [-0.4, -0.2) is 23.7 Å². The van der Waals surface area contributed by atoms with Crippen LogP contribution in [-0.2, 0) is 4.79 Å². The highest BCUT2D eigenvalue weighted by Crippen LogP contribution is 2.39. The second kappa shape index (κ2) is 12.3. The second-order valence-electron chi connectivity index (χ2n) is 8.43. The predicted octanol–water partition coefficient (Wildman–Crippen LogP) is 7.51. The fraction of sp³-hybridized carbons (Fsp3) is 0.241. The van der Waals surface area contributed by atoms with Crippen molar-refractivity contribution in [3.8, 4) is 0 Å². The van der Waals surface area contributed by atoms with E-state index in [2.05, 4.69) is 10.3 Å². The number of nitrogens with one attached hydrogen (secondary N) is 1. The Morgan fingerprint density at radius 1 is 0.974 bits per heavy atom. The Kier molecular flexibility index (Phi) is 9.33. The van der Waals surface area contributed by atoms with Gasteiger partial charge in [0.15, 0.2) is 0 Å². The van der Waals surface area contributed by atoms with Crippen molar-refractivity contribution < 1.29 is 22.4 Å². The van der Waals surface area contributed by atoms with Crippen molar-refractivity contribution in [3.05, 3.63) is 117 Å². The summed E-state index contributed by atoms with van der Waals surface area (Å²) >= 11 is 6.32. The molecule has 2 atom stereocenters. The van der Waals surface area contributed by atoms with E-state index in [1.54, 1.807) is 6.92 Å². The van der Waals surface area contributed by atoms with Gasteiger partial charge in [-0.15, -0.1) is 0 Å². The Bertz CT molecular complexity index is 1370. The molecular formula is C29H28ClF4N3O. The molecular weight excluding hydrogens is 518 g/mol. The smallest absolute Gasteiger partial charge is 0.251 e. The van der Waals surface area contributed by atoms with Gasteiger partial charge < -0.3 is 10.2 Å². The first-order valence-corrected chi connectivity index (χ1v) is 12.4. The third-order valence-corrected chi connectivity index (χ3v) is 6.44. The highest BCUT2D eigenvalue weighted by Gasteiger charge is 2.35. The summed E-state index contributed by atoms with van der Waals surface area (Å²) in [4.78, 5) is 19.4. The average Bonchev–Trinajstić information content (AvgIpc) is 2.87. The van der Waals surface area contributed by atoms with Gasteiger partial charge in [0, 0.05) is 35.5 Å². The Hall–Kier alpha value is -3.65. The lowest BCUT2D eigenvalue weighted by atomic mass is 9.93. The second-order valence-corrected chi connectivity index (χ2v) is 8.84. The topological polar surface area (TPSA) is 44.7 Å². The molecule has 4 nitrogen and oxygen atoms in total. The van der Waals surface area contributed by atoms with Crippen LogP contribution in [0.5, 0.6) is 0 Å². The zero-order valence-electron chi connectivity index (χ0n) is 21.6. The van der Waals surface area contributed by atoms with Crippen LogP contribution in [0.3, 0.4) is 0 Å². The van der Waals surface area contributed by atoms with Crippen molar-refractivity contribution in [1.29, 1.82) is 0 Å². The van der Waals surface area contributed by atoms with Crippen LogP contribution in [0.25, 0.3) is 0 Å². The van der Waals surface area contributed by atoms with E-state index in [0.717, 1.165) is 17.7 Å². The summed E-state index contributed by atoms with van der Waals surface area (Å²) in [5.74, 6) is -4.63. The molecule has 1 heterocycles. The molecule has 1 aliphatic heterocycles. The minimum atomic E-state index is -1.15. The number of carbonyl (C=O) groups is 1. The molecule has 0 saturated carbocycles. The van der Waals surface area contributed by atoms with E-state index >= 15 is 0 Å². The van der Waals surface area contributed by atoms with Gasteiger partial charge in [0.2, 0.25) is 0 Å². The van der Waals surface area contributed by atoms with Crippen LogP contribution < -0.4 is 5.32 Å². The van der Waals surface area contributed by atoms with Crippen LogP contribution in [0, 0.1) is 23.3 Å². The summed E-state index contributed by atoms with van der Waals surface area (Å²) in [7, 11) is 1.49. The van der Waals surface area contributed by atoms with Crippen molar-refractivity contribution in [3.63, 3.8) is 0 Å². The van der Waals surface area contributed by atoms with Crippen molar-refractivity contribution >= 4 is 23.3 Å². The van der Waals surface area contributed by atoms with Crippen LogP contribution in [0.2, 0.25) is 5.02 Å². The van der Waals surface area contributed by atoms with E-state index in [4.69, 9.17) is 11.6 Å². The summed E-state index contributed by atoms with van der Waals surface area (Å²) in [5.41, 5.74) is 1.08. The van der Waals surface area contributed by atoms with Crippen LogP contribution in [0.1, 0.15) is 56.5 Å². The molecule has 200 valence electrons. The molecule has 0 radical (unpaired) electrons. The average molecular weight is 546 g/mol. The molecule has 4 rings (SSSR count). The summed E-state index contributed by atoms with van der Waals surface area (Å²) < 4.78 is 56.8. The number of benzene rings is 3. The van der Waals surface area contributed by atoms with E-state index in [1.807, 2.05) is 51.1 Å². The molecule has 1 amide bonds. The first-order valence-electron chi connectivity index (χ1n) is 12.1. The first-order chi connectivity index (χ1) is 18.1. The monoisotopic (exact) mass is 545 g/mol. The van der Waals surface area contributed by atoms with Gasteiger partial charge >= 0.3 is 0 Å². The maximum atomic E-state index is 14.7. The summed E-state index contributed by atoms with van der Waals surface area (Å²) in [5, 5.41) is 2.91. The molecule has 0 spiro atoms. The van der Waals surface area contributed by atoms with Crippen LogP contribution in [0.15, 0.2) is 76.9 Å². The van der Waals surface area contributed by atoms with Gasteiger partial charge in [0.1, 0.15) is 35.1 Å². The third-order valence-electron chi connectivity index (χ3n) is 6.11. The summed E-state index contributed by atoms with van der Waals surface area (Å²) in [6.45, 7) is 7.41. The van der Waals surface area contributed by atoms with Gasteiger partial charge in [-0.25, -0.2) is 17.6 Å². The van der Waals surface area contributed by atoms with Crippen LogP contribution >= 0.6 is 11.6 Å². The van der Waals surface area contributed by atoms with Gasteiger partial charge in [-0.2, -0.15) is 0 Å². The number of hydrogen-bond acceptors (Lipinski definition) is 3. The Labute approximate surface area is 224 Å². The maximum Gasteiger partial charge on any atom is 0.251 e. The molecule has 38 heavy (non-hydrogen) atoms. The molecule has 0 aromatic heterocycles. The molecule has 1 N–H and O–H groups in total. The highest BCUT2D eigenvalue weighted by atomic mass is 35.5. The lowest BCUT2D eigenvalue weighted by Gasteiger charge is -2.34. The third kappa shape index (κ3) is 5.91. The Morgan fingerprint density at radius 3 is 2.16 bits per heavy atom. The van der Waals surface area contributed by atoms with Gasteiger partial charge in [0.05, 0.1) is 17.2 Å². The molecule has 0 bridgehead atoms. The number of carbonyl (C=O) groups excluding carboxylic acids is 1. The largest absolute Gasteiger partial charge is 0.346 e. The van der Waals surface area contributed by atoms with E-state index < -0.39 is 40.8 Å². The Morgan fingerprint density at radius 2 is 1.58 bits per heavy atom. The van der Waals surface area contributed by atoms with Crippen molar-refractivity contribution in [2.45, 2.75) is 39.8 Å². The number of nitrogens with zero attached hydrogens (tertiary/aromatic N) is 2.